The van der Waals surface area contributed by atoms with Crippen LogP contribution in [0.5, 0.6) is 0 Å². The molecule has 1 aliphatic heterocycles. The van der Waals surface area contributed by atoms with Gasteiger partial charge in [-0.15, -0.1) is 11.3 Å². The summed E-state index contributed by atoms with van der Waals surface area (Å²) in [6.45, 7) is 4.07. The second-order valence-electron chi connectivity index (χ2n) is 6.79. The summed E-state index contributed by atoms with van der Waals surface area (Å²) in [5.74, 6) is 0.720. The fourth-order valence-corrected chi connectivity index (χ4v) is 4.14. The summed E-state index contributed by atoms with van der Waals surface area (Å²) in [6, 6.07) is 11.4. The van der Waals surface area contributed by atoms with E-state index in [1.165, 1.54) is 42.1 Å². The molecule has 0 amide bonds. The molecule has 1 saturated heterocycles. The second-order valence-corrected chi connectivity index (χ2v) is 7.73. The molecular weight excluding hydrogens is 304 g/mol. The van der Waals surface area contributed by atoms with E-state index in [1.807, 2.05) is 0 Å². The zero-order chi connectivity index (χ0) is 15.5. The van der Waals surface area contributed by atoms with E-state index in [4.69, 9.17) is 9.72 Å². The van der Waals surface area contributed by atoms with Crippen molar-refractivity contribution >= 4 is 11.3 Å². The highest BCUT2D eigenvalue weighted by molar-refractivity contribution is 7.09. The van der Waals surface area contributed by atoms with Gasteiger partial charge in [0.15, 0.2) is 0 Å². The van der Waals surface area contributed by atoms with Gasteiger partial charge in [-0.2, -0.15) is 0 Å². The summed E-state index contributed by atoms with van der Waals surface area (Å²) in [5.41, 5.74) is 2.59. The summed E-state index contributed by atoms with van der Waals surface area (Å²) in [6.07, 6.45) is 4.88. The second kappa shape index (κ2) is 7.12. The van der Waals surface area contributed by atoms with Crippen molar-refractivity contribution < 1.29 is 4.74 Å². The summed E-state index contributed by atoms with van der Waals surface area (Å²) in [5, 5.41) is 3.48. The van der Waals surface area contributed by atoms with Crippen molar-refractivity contribution in [3.63, 3.8) is 0 Å². The van der Waals surface area contributed by atoms with Gasteiger partial charge in [0.05, 0.1) is 17.3 Å². The largest absolute Gasteiger partial charge is 0.381 e. The molecule has 23 heavy (non-hydrogen) atoms. The number of ether oxygens (including phenoxy) is 1. The molecule has 0 bridgehead atoms. The maximum Gasteiger partial charge on any atom is 0.0972 e. The van der Waals surface area contributed by atoms with Crippen molar-refractivity contribution in [3.8, 4) is 0 Å². The zero-order valence-corrected chi connectivity index (χ0v) is 14.3. The summed E-state index contributed by atoms with van der Waals surface area (Å²) in [4.78, 5) is 7.52. The summed E-state index contributed by atoms with van der Waals surface area (Å²) < 4.78 is 5.54. The predicted molar refractivity (Wildman–Crippen MR) is 93.7 cm³/mol. The molecule has 1 atom stereocenters. The van der Waals surface area contributed by atoms with E-state index in [9.17, 15) is 0 Å². The third-order valence-corrected chi connectivity index (χ3v) is 5.64. The summed E-state index contributed by atoms with van der Waals surface area (Å²) >= 11 is 1.80. The first-order valence-corrected chi connectivity index (χ1v) is 9.54. The van der Waals surface area contributed by atoms with Crippen LogP contribution in [0.25, 0.3) is 0 Å². The Kier molecular flexibility index (Phi) is 4.74. The molecular formula is C19H24N2OS. The lowest BCUT2D eigenvalue weighted by atomic mass is 10.1. The van der Waals surface area contributed by atoms with E-state index in [0.29, 0.717) is 0 Å². The van der Waals surface area contributed by atoms with Gasteiger partial charge in [-0.25, -0.2) is 4.98 Å². The first-order valence-electron chi connectivity index (χ1n) is 8.66. The van der Waals surface area contributed by atoms with Crippen molar-refractivity contribution in [1.82, 2.24) is 9.88 Å². The Hall–Kier alpha value is -1.23. The molecule has 2 aromatic rings. The molecule has 3 nitrogen and oxygen atoms in total. The Morgan fingerprint density at radius 2 is 2.04 bits per heavy atom. The Balaban J connectivity index is 1.37. The van der Waals surface area contributed by atoms with Crippen LogP contribution in [0.15, 0.2) is 35.7 Å². The number of aromatic nitrogens is 1. The van der Waals surface area contributed by atoms with Crippen molar-refractivity contribution in [1.29, 1.82) is 0 Å². The molecule has 0 N–H and O–H groups in total. The van der Waals surface area contributed by atoms with E-state index < -0.39 is 0 Å². The summed E-state index contributed by atoms with van der Waals surface area (Å²) in [7, 11) is 0. The Morgan fingerprint density at radius 1 is 1.17 bits per heavy atom. The molecule has 0 unspecified atom stereocenters. The fourth-order valence-electron chi connectivity index (χ4n) is 3.32. The minimum absolute atomic E-state index is 0.720. The Morgan fingerprint density at radius 3 is 2.78 bits per heavy atom. The first kappa shape index (κ1) is 15.3. The van der Waals surface area contributed by atoms with Gasteiger partial charge < -0.3 is 4.74 Å². The number of hydrogen-bond donors (Lipinski definition) is 0. The fraction of sp³-hybridized carbons (Fsp3) is 0.526. The van der Waals surface area contributed by atoms with Crippen molar-refractivity contribution in [3.05, 3.63) is 52.0 Å². The maximum atomic E-state index is 5.54. The maximum absolute atomic E-state index is 5.54. The highest BCUT2D eigenvalue weighted by atomic mass is 32.1. The molecule has 1 aromatic carbocycles. The van der Waals surface area contributed by atoms with E-state index in [2.05, 4.69) is 40.6 Å². The van der Waals surface area contributed by atoms with Gasteiger partial charge in [-0.3, -0.25) is 4.90 Å². The van der Waals surface area contributed by atoms with E-state index in [-0.39, 0.29) is 0 Å². The molecule has 1 saturated carbocycles. The van der Waals surface area contributed by atoms with Gasteiger partial charge >= 0.3 is 0 Å². The third kappa shape index (κ3) is 4.19. The van der Waals surface area contributed by atoms with Gasteiger partial charge in [0.1, 0.15) is 0 Å². The average Bonchev–Trinajstić information content (AvgIpc) is 3.12. The van der Waals surface area contributed by atoms with Crippen molar-refractivity contribution in [2.75, 3.05) is 19.8 Å². The lowest BCUT2D eigenvalue weighted by molar-refractivity contribution is 0.161. The van der Waals surface area contributed by atoms with Gasteiger partial charge in [-0.05, 0) is 30.7 Å². The van der Waals surface area contributed by atoms with Crippen LogP contribution in [0.3, 0.4) is 0 Å². The molecule has 1 aliphatic carbocycles. The van der Waals surface area contributed by atoms with Crippen LogP contribution in [0, 0.1) is 5.92 Å². The molecule has 0 radical (unpaired) electrons. The van der Waals surface area contributed by atoms with Crippen LogP contribution in [0.1, 0.15) is 35.5 Å². The van der Waals surface area contributed by atoms with Crippen LogP contribution >= 0.6 is 11.3 Å². The normalized spacial score (nSPS) is 21.2. The van der Waals surface area contributed by atoms with E-state index in [1.54, 1.807) is 11.3 Å². The molecule has 2 aliphatic rings. The van der Waals surface area contributed by atoms with Gasteiger partial charge in [-0.1, -0.05) is 30.3 Å². The van der Waals surface area contributed by atoms with Gasteiger partial charge in [0, 0.05) is 37.5 Å². The lowest BCUT2D eigenvalue weighted by Gasteiger charge is -2.23. The SMILES string of the molecule is c1ccc(Cc2nc(CN(C[C@@H]3CCOC3)C3CC3)cs2)cc1. The quantitative estimate of drug-likeness (QED) is 0.774. The van der Waals surface area contributed by atoms with Gasteiger partial charge in [0.25, 0.3) is 0 Å². The highest BCUT2D eigenvalue weighted by Gasteiger charge is 2.31. The van der Waals surface area contributed by atoms with E-state index >= 15 is 0 Å². The number of benzene rings is 1. The molecule has 2 fully saturated rings. The minimum atomic E-state index is 0.720. The zero-order valence-electron chi connectivity index (χ0n) is 13.5. The lowest BCUT2D eigenvalue weighted by Crippen LogP contribution is -2.31. The van der Waals surface area contributed by atoms with Crippen molar-refractivity contribution in [2.24, 2.45) is 5.92 Å². The molecule has 4 rings (SSSR count). The molecule has 4 heteroatoms. The van der Waals surface area contributed by atoms with Gasteiger partial charge in [0.2, 0.25) is 0 Å². The first-order chi connectivity index (χ1) is 11.4. The average molecular weight is 328 g/mol. The molecule has 122 valence electrons. The number of hydrogen-bond acceptors (Lipinski definition) is 4. The number of rotatable bonds is 7. The van der Waals surface area contributed by atoms with Crippen LogP contribution in [0.2, 0.25) is 0 Å². The Labute approximate surface area is 142 Å². The number of nitrogens with zero attached hydrogens (tertiary/aromatic N) is 2. The highest BCUT2D eigenvalue weighted by Crippen LogP contribution is 2.30. The molecule has 1 aromatic heterocycles. The molecule has 0 spiro atoms. The molecule has 2 heterocycles. The smallest absolute Gasteiger partial charge is 0.0972 e. The van der Waals surface area contributed by atoms with Crippen LogP contribution in [-0.2, 0) is 17.7 Å². The van der Waals surface area contributed by atoms with E-state index in [0.717, 1.165) is 38.1 Å². The Bertz CT molecular complexity index is 617. The third-order valence-electron chi connectivity index (χ3n) is 4.74. The topological polar surface area (TPSA) is 25.4 Å². The van der Waals surface area contributed by atoms with Crippen LogP contribution in [0.4, 0.5) is 0 Å². The van der Waals surface area contributed by atoms with Crippen molar-refractivity contribution in [2.45, 2.75) is 38.3 Å². The van der Waals surface area contributed by atoms with Crippen LogP contribution < -0.4 is 0 Å². The predicted octanol–water partition coefficient (Wildman–Crippen LogP) is 3.73. The standard InChI is InChI=1S/C19H24N2OS/c1-2-4-15(5-3-1)10-19-20-17(14-23-19)12-21(18-6-7-18)11-16-8-9-22-13-16/h1-5,14,16,18H,6-13H2/t16-/m0/s1. The van der Waals surface area contributed by atoms with Crippen LogP contribution in [-0.4, -0.2) is 35.7 Å². The minimum Gasteiger partial charge on any atom is -0.381 e. The number of thiazole rings is 1. The monoisotopic (exact) mass is 328 g/mol.